The van der Waals surface area contributed by atoms with Gasteiger partial charge in [0.15, 0.2) is 0 Å². The number of piperidine rings is 1. The van der Waals surface area contributed by atoms with E-state index in [-0.39, 0.29) is 11.3 Å². The zero-order chi connectivity index (χ0) is 19.5. The molecule has 1 aliphatic heterocycles. The van der Waals surface area contributed by atoms with Gasteiger partial charge in [-0.3, -0.25) is 14.9 Å². The van der Waals surface area contributed by atoms with E-state index in [1.807, 2.05) is 4.90 Å². The van der Waals surface area contributed by atoms with Crippen molar-refractivity contribution in [3.05, 3.63) is 33.9 Å². The summed E-state index contributed by atoms with van der Waals surface area (Å²) in [6.07, 6.45) is 1.06. The summed E-state index contributed by atoms with van der Waals surface area (Å²) in [4.78, 5) is 24.9. The van der Waals surface area contributed by atoms with Crippen molar-refractivity contribution in [1.82, 2.24) is 5.32 Å². The molecule has 0 radical (unpaired) electrons. The van der Waals surface area contributed by atoms with Crippen molar-refractivity contribution in [3.8, 4) is 0 Å². The van der Waals surface area contributed by atoms with Gasteiger partial charge in [-0.25, -0.2) is 8.78 Å². The van der Waals surface area contributed by atoms with Crippen LogP contribution in [0, 0.1) is 22.0 Å². The SMILES string of the molecule is CC1CC(C)CN(c2ccc(C(=O)NCC(F)(F)CN)cc2[N+](=O)[O-])C1. The molecule has 1 aliphatic rings. The zero-order valence-corrected chi connectivity index (χ0v) is 14.9. The summed E-state index contributed by atoms with van der Waals surface area (Å²) in [5, 5.41) is 13.5. The summed E-state index contributed by atoms with van der Waals surface area (Å²) in [6.45, 7) is 3.76. The number of nitro benzene ring substituents is 1. The molecule has 1 aromatic carbocycles. The van der Waals surface area contributed by atoms with Crippen molar-refractivity contribution in [1.29, 1.82) is 0 Å². The Bertz CT molecular complexity index is 674. The molecule has 144 valence electrons. The summed E-state index contributed by atoms with van der Waals surface area (Å²) < 4.78 is 26.3. The maximum atomic E-state index is 13.2. The van der Waals surface area contributed by atoms with E-state index in [9.17, 15) is 23.7 Å². The van der Waals surface area contributed by atoms with Crippen LogP contribution in [0.4, 0.5) is 20.2 Å². The van der Waals surface area contributed by atoms with Crippen LogP contribution in [-0.4, -0.2) is 42.9 Å². The predicted octanol–water partition coefficient (Wildman–Crippen LogP) is 2.40. The van der Waals surface area contributed by atoms with Gasteiger partial charge < -0.3 is 16.0 Å². The van der Waals surface area contributed by atoms with Gasteiger partial charge in [0.1, 0.15) is 5.69 Å². The standard InChI is InChI=1S/C17H24F2N4O3/c1-11-5-12(2)8-22(7-11)14-4-3-13(6-15(14)23(25)26)16(24)21-10-17(18,19)9-20/h3-4,6,11-12H,5,7-10,20H2,1-2H3,(H,21,24). The molecule has 1 saturated heterocycles. The quantitative estimate of drug-likeness (QED) is 0.591. The molecular weight excluding hydrogens is 346 g/mol. The van der Waals surface area contributed by atoms with Crippen molar-refractivity contribution >= 4 is 17.3 Å². The van der Waals surface area contributed by atoms with Crippen LogP contribution in [0.15, 0.2) is 18.2 Å². The lowest BCUT2D eigenvalue weighted by molar-refractivity contribution is -0.384. The molecule has 1 aromatic rings. The van der Waals surface area contributed by atoms with Crippen molar-refractivity contribution in [2.45, 2.75) is 26.2 Å². The molecule has 1 amide bonds. The number of amides is 1. The van der Waals surface area contributed by atoms with E-state index in [1.54, 1.807) is 0 Å². The largest absolute Gasteiger partial charge is 0.365 e. The van der Waals surface area contributed by atoms with Gasteiger partial charge >= 0.3 is 0 Å². The van der Waals surface area contributed by atoms with Gasteiger partial charge in [-0.1, -0.05) is 13.8 Å². The Morgan fingerprint density at radius 2 is 2.00 bits per heavy atom. The molecule has 0 bridgehead atoms. The van der Waals surface area contributed by atoms with Gasteiger partial charge in [-0.05, 0) is 30.4 Å². The summed E-state index contributed by atoms with van der Waals surface area (Å²) in [6, 6.07) is 4.07. The smallest absolute Gasteiger partial charge is 0.293 e. The highest BCUT2D eigenvalue weighted by molar-refractivity contribution is 5.95. The summed E-state index contributed by atoms with van der Waals surface area (Å²) >= 11 is 0. The fourth-order valence-electron chi connectivity index (χ4n) is 3.32. The monoisotopic (exact) mass is 370 g/mol. The third-order valence-electron chi connectivity index (χ3n) is 4.45. The lowest BCUT2D eigenvalue weighted by Gasteiger charge is -2.36. The third kappa shape index (κ3) is 4.87. The second kappa shape index (κ2) is 7.94. The molecule has 0 saturated carbocycles. The number of anilines is 1. The van der Waals surface area contributed by atoms with E-state index in [4.69, 9.17) is 5.73 Å². The Morgan fingerprint density at radius 3 is 2.54 bits per heavy atom. The number of nitrogens with two attached hydrogens (primary N) is 1. The van der Waals surface area contributed by atoms with E-state index in [0.29, 0.717) is 30.6 Å². The van der Waals surface area contributed by atoms with E-state index >= 15 is 0 Å². The minimum atomic E-state index is -3.22. The van der Waals surface area contributed by atoms with Gasteiger partial charge in [-0.2, -0.15) is 0 Å². The number of nitrogens with zero attached hydrogens (tertiary/aromatic N) is 2. The Morgan fingerprint density at radius 1 is 1.38 bits per heavy atom. The molecule has 9 heteroatoms. The predicted molar refractivity (Wildman–Crippen MR) is 94.6 cm³/mol. The third-order valence-corrected chi connectivity index (χ3v) is 4.45. The van der Waals surface area contributed by atoms with Gasteiger partial charge in [0.2, 0.25) is 0 Å². The van der Waals surface area contributed by atoms with Crippen LogP contribution >= 0.6 is 0 Å². The zero-order valence-electron chi connectivity index (χ0n) is 14.9. The number of carbonyl (C=O) groups is 1. The molecule has 26 heavy (non-hydrogen) atoms. The Kier molecular flexibility index (Phi) is 6.12. The van der Waals surface area contributed by atoms with Gasteiger partial charge in [-0.15, -0.1) is 0 Å². The normalized spacial score (nSPS) is 20.7. The topological polar surface area (TPSA) is 102 Å². The fourth-order valence-corrected chi connectivity index (χ4v) is 3.32. The first-order valence-corrected chi connectivity index (χ1v) is 8.52. The Labute approximate surface area is 150 Å². The number of hydrogen-bond donors (Lipinski definition) is 2. The number of alkyl halides is 2. The van der Waals surface area contributed by atoms with E-state index < -0.39 is 29.8 Å². The van der Waals surface area contributed by atoms with E-state index in [1.165, 1.54) is 12.1 Å². The summed E-state index contributed by atoms with van der Waals surface area (Å²) in [5.41, 5.74) is 5.13. The highest BCUT2D eigenvalue weighted by atomic mass is 19.3. The second-order valence-electron chi connectivity index (χ2n) is 7.05. The average molecular weight is 370 g/mol. The lowest BCUT2D eigenvalue weighted by Crippen LogP contribution is -2.41. The first kappa shape index (κ1) is 20.0. The Hall–Kier alpha value is -2.29. The van der Waals surface area contributed by atoms with Crippen LogP contribution in [0.2, 0.25) is 0 Å². The van der Waals surface area contributed by atoms with Crippen molar-refractivity contribution in [2.75, 3.05) is 31.1 Å². The van der Waals surface area contributed by atoms with Gasteiger partial charge in [0.05, 0.1) is 18.0 Å². The number of nitro groups is 1. The van der Waals surface area contributed by atoms with Crippen molar-refractivity contribution in [2.24, 2.45) is 17.6 Å². The number of nitrogens with one attached hydrogen (secondary N) is 1. The molecule has 0 spiro atoms. The second-order valence-corrected chi connectivity index (χ2v) is 7.05. The minimum Gasteiger partial charge on any atom is -0.365 e. The number of carbonyl (C=O) groups excluding carboxylic acids is 1. The molecule has 1 heterocycles. The number of halogens is 2. The molecule has 0 aromatic heterocycles. The molecule has 2 atom stereocenters. The molecule has 0 aliphatic carbocycles. The Balaban J connectivity index is 2.23. The highest BCUT2D eigenvalue weighted by Crippen LogP contribution is 2.33. The average Bonchev–Trinajstić information content (AvgIpc) is 2.58. The maximum absolute atomic E-state index is 13.2. The van der Waals surface area contributed by atoms with E-state index in [0.717, 1.165) is 12.5 Å². The molecular formula is C17H24F2N4O3. The minimum absolute atomic E-state index is 0.0358. The number of benzene rings is 1. The summed E-state index contributed by atoms with van der Waals surface area (Å²) in [7, 11) is 0. The molecule has 3 N–H and O–H groups in total. The van der Waals surface area contributed by atoms with Crippen LogP contribution in [0.25, 0.3) is 0 Å². The van der Waals surface area contributed by atoms with E-state index in [2.05, 4.69) is 19.2 Å². The first-order valence-electron chi connectivity index (χ1n) is 8.52. The molecule has 2 unspecified atom stereocenters. The van der Waals surface area contributed by atoms with Crippen LogP contribution in [0.1, 0.15) is 30.6 Å². The highest BCUT2D eigenvalue weighted by Gasteiger charge is 2.30. The molecule has 7 nitrogen and oxygen atoms in total. The van der Waals surface area contributed by atoms with Crippen LogP contribution < -0.4 is 16.0 Å². The number of hydrogen-bond acceptors (Lipinski definition) is 5. The van der Waals surface area contributed by atoms with Crippen molar-refractivity contribution in [3.63, 3.8) is 0 Å². The van der Waals surface area contributed by atoms with Crippen LogP contribution in [0.3, 0.4) is 0 Å². The first-order chi connectivity index (χ1) is 12.1. The summed E-state index contributed by atoms with van der Waals surface area (Å²) in [5.74, 6) is -3.21. The van der Waals surface area contributed by atoms with Crippen molar-refractivity contribution < 1.29 is 18.5 Å². The molecule has 1 fully saturated rings. The van der Waals surface area contributed by atoms with Crippen LogP contribution in [-0.2, 0) is 0 Å². The molecule has 2 rings (SSSR count). The maximum Gasteiger partial charge on any atom is 0.293 e. The van der Waals surface area contributed by atoms with Gasteiger partial charge in [0.25, 0.3) is 17.5 Å². The van der Waals surface area contributed by atoms with Gasteiger partial charge in [0, 0.05) is 24.7 Å². The van der Waals surface area contributed by atoms with Crippen LogP contribution in [0.5, 0.6) is 0 Å². The number of rotatable bonds is 6. The lowest BCUT2D eigenvalue weighted by atomic mass is 9.91. The fraction of sp³-hybridized carbons (Fsp3) is 0.588.